The van der Waals surface area contributed by atoms with E-state index in [0.29, 0.717) is 11.4 Å². The number of benzene rings is 1. The third-order valence-corrected chi connectivity index (χ3v) is 3.44. The van der Waals surface area contributed by atoms with Gasteiger partial charge in [-0.05, 0) is 19.1 Å². The number of esters is 1. The lowest BCUT2D eigenvalue weighted by Crippen LogP contribution is -2.24. The lowest BCUT2D eigenvalue weighted by molar-refractivity contribution is -0.384. The van der Waals surface area contributed by atoms with E-state index in [-0.39, 0.29) is 24.4 Å². The van der Waals surface area contributed by atoms with Gasteiger partial charge in [0.25, 0.3) is 5.69 Å². The summed E-state index contributed by atoms with van der Waals surface area (Å²) in [6.07, 6.45) is 0.461. The van der Waals surface area contributed by atoms with Crippen molar-refractivity contribution in [2.45, 2.75) is 19.6 Å². The van der Waals surface area contributed by atoms with Crippen LogP contribution in [0, 0.1) is 17.0 Å². The Morgan fingerprint density at radius 1 is 1.42 bits per heavy atom. The van der Waals surface area contributed by atoms with Crippen LogP contribution in [0.15, 0.2) is 36.5 Å². The van der Waals surface area contributed by atoms with Crippen molar-refractivity contribution in [3.63, 3.8) is 0 Å². The lowest BCUT2D eigenvalue weighted by Gasteiger charge is -2.15. The number of methoxy groups -OCH3 is 1. The highest BCUT2D eigenvalue weighted by Gasteiger charge is 2.16. The molecule has 0 fully saturated rings. The molecule has 0 saturated heterocycles. The van der Waals surface area contributed by atoms with Crippen molar-refractivity contribution >= 4 is 11.7 Å². The smallest absolute Gasteiger partial charge is 0.341 e. The summed E-state index contributed by atoms with van der Waals surface area (Å²) in [6.45, 7) is 1.78. The van der Waals surface area contributed by atoms with E-state index in [4.69, 9.17) is 4.74 Å². The molecule has 8 heteroatoms. The monoisotopic (exact) mass is 334 g/mol. The van der Waals surface area contributed by atoms with Gasteiger partial charge in [-0.15, -0.1) is 0 Å². The molecule has 0 amide bonds. The molecule has 1 N–H and O–H groups in total. The Morgan fingerprint density at radius 3 is 2.75 bits per heavy atom. The van der Waals surface area contributed by atoms with E-state index < -0.39 is 17.0 Å². The molecule has 1 aromatic carbocycles. The number of carbonyl (C=O) groups is 1. The highest BCUT2D eigenvalue weighted by atomic mass is 16.6. The first-order valence-electron chi connectivity index (χ1n) is 7.21. The van der Waals surface area contributed by atoms with Crippen LogP contribution in [-0.4, -0.2) is 40.4 Å². The number of aliphatic hydroxyl groups is 1. The zero-order chi connectivity index (χ0) is 17.7. The van der Waals surface area contributed by atoms with Gasteiger partial charge in [0.1, 0.15) is 24.0 Å². The van der Waals surface area contributed by atoms with Crippen LogP contribution in [0.3, 0.4) is 0 Å². The summed E-state index contributed by atoms with van der Waals surface area (Å²) < 4.78 is 11.7. The van der Waals surface area contributed by atoms with Gasteiger partial charge in [-0.1, -0.05) is 12.1 Å². The summed E-state index contributed by atoms with van der Waals surface area (Å²) in [6, 6.07) is 7.98. The number of hydrogen-bond donors (Lipinski definition) is 1. The fourth-order valence-corrected chi connectivity index (χ4v) is 2.23. The van der Waals surface area contributed by atoms with Crippen LogP contribution in [0.25, 0.3) is 0 Å². The minimum absolute atomic E-state index is 0.0309. The van der Waals surface area contributed by atoms with Crippen molar-refractivity contribution in [2.24, 2.45) is 0 Å². The maximum absolute atomic E-state index is 11.6. The second-order valence-corrected chi connectivity index (χ2v) is 5.20. The van der Waals surface area contributed by atoms with E-state index in [9.17, 15) is 20.0 Å². The minimum atomic E-state index is -0.901. The average Bonchev–Trinajstić information content (AvgIpc) is 2.93. The average molecular weight is 334 g/mol. The van der Waals surface area contributed by atoms with Crippen LogP contribution in [0.1, 0.15) is 16.1 Å². The number of rotatable bonds is 7. The molecule has 0 aliphatic heterocycles. The highest BCUT2D eigenvalue weighted by molar-refractivity contribution is 5.92. The standard InChI is InChI=1S/C16H18N2O6/c1-11-7-12(18(21)22)8-17(11)9-13(19)10-24-15-6-4-3-5-14(15)16(20)23-2/h3-8,13,19H,9-10H2,1-2H3. The molecule has 1 unspecified atom stereocenters. The van der Waals surface area contributed by atoms with Gasteiger partial charge >= 0.3 is 5.97 Å². The first-order chi connectivity index (χ1) is 11.4. The molecule has 2 rings (SSSR count). The number of ether oxygens (including phenoxy) is 2. The van der Waals surface area contributed by atoms with Crippen LogP contribution in [0.5, 0.6) is 5.75 Å². The molecule has 1 aromatic heterocycles. The molecule has 2 aromatic rings. The van der Waals surface area contributed by atoms with Gasteiger partial charge in [0.2, 0.25) is 0 Å². The first-order valence-corrected chi connectivity index (χ1v) is 7.21. The maximum Gasteiger partial charge on any atom is 0.341 e. The molecule has 0 spiro atoms. The number of carbonyl (C=O) groups excluding carboxylic acids is 1. The Balaban J connectivity index is 2.00. The lowest BCUT2D eigenvalue weighted by atomic mass is 10.2. The molecule has 1 heterocycles. The number of aromatic nitrogens is 1. The Labute approximate surface area is 138 Å². The van der Waals surface area contributed by atoms with Gasteiger partial charge in [0.05, 0.1) is 24.8 Å². The fourth-order valence-electron chi connectivity index (χ4n) is 2.23. The first kappa shape index (κ1) is 17.5. The highest BCUT2D eigenvalue weighted by Crippen LogP contribution is 2.20. The summed E-state index contributed by atoms with van der Waals surface area (Å²) in [5.74, 6) is -0.226. The van der Waals surface area contributed by atoms with Gasteiger partial charge in [-0.2, -0.15) is 0 Å². The summed E-state index contributed by atoms with van der Waals surface area (Å²) in [4.78, 5) is 21.9. The second-order valence-electron chi connectivity index (χ2n) is 5.20. The van der Waals surface area contributed by atoms with Crippen molar-refractivity contribution in [3.8, 4) is 5.75 Å². The van der Waals surface area contributed by atoms with Gasteiger partial charge in [-0.3, -0.25) is 10.1 Å². The van der Waals surface area contributed by atoms with Crippen molar-refractivity contribution in [2.75, 3.05) is 13.7 Å². The number of nitro groups is 1. The number of aliphatic hydroxyl groups excluding tert-OH is 1. The van der Waals surface area contributed by atoms with Gasteiger partial charge in [0, 0.05) is 11.8 Å². The number of hydrogen-bond acceptors (Lipinski definition) is 6. The quantitative estimate of drug-likeness (QED) is 0.471. The molecule has 0 aliphatic rings. The second kappa shape index (κ2) is 7.60. The van der Waals surface area contributed by atoms with E-state index in [0.717, 1.165) is 0 Å². The summed E-state index contributed by atoms with van der Waals surface area (Å²) in [5.41, 5.74) is 0.896. The molecule has 0 saturated carbocycles. The molecule has 1 atom stereocenters. The van der Waals surface area contributed by atoms with Gasteiger partial charge in [0.15, 0.2) is 0 Å². The van der Waals surface area contributed by atoms with Crippen LogP contribution >= 0.6 is 0 Å². The van der Waals surface area contributed by atoms with Crippen LogP contribution in [-0.2, 0) is 11.3 Å². The van der Waals surface area contributed by atoms with Crippen molar-refractivity contribution < 1.29 is 24.3 Å². The molecule has 0 radical (unpaired) electrons. The Hall–Kier alpha value is -2.87. The third kappa shape index (κ3) is 4.11. The van der Waals surface area contributed by atoms with Crippen molar-refractivity contribution in [1.29, 1.82) is 0 Å². The molecular weight excluding hydrogens is 316 g/mol. The number of aryl methyl sites for hydroxylation is 1. The SMILES string of the molecule is COC(=O)c1ccccc1OCC(O)Cn1cc([N+](=O)[O-])cc1C. The molecule has 8 nitrogen and oxygen atoms in total. The normalized spacial score (nSPS) is 11.8. The van der Waals surface area contributed by atoms with Gasteiger partial charge in [-0.25, -0.2) is 4.79 Å². The van der Waals surface area contributed by atoms with E-state index in [2.05, 4.69) is 4.74 Å². The zero-order valence-electron chi connectivity index (χ0n) is 13.3. The van der Waals surface area contributed by atoms with E-state index in [1.165, 1.54) is 19.4 Å². The maximum atomic E-state index is 11.6. The number of nitrogens with zero attached hydrogens (tertiary/aromatic N) is 2. The topological polar surface area (TPSA) is 104 Å². The predicted molar refractivity (Wildman–Crippen MR) is 85.1 cm³/mol. The van der Waals surface area contributed by atoms with Gasteiger partial charge < -0.3 is 19.1 Å². The molecule has 24 heavy (non-hydrogen) atoms. The minimum Gasteiger partial charge on any atom is -0.490 e. The predicted octanol–water partition coefficient (Wildman–Crippen LogP) is 1.93. The van der Waals surface area contributed by atoms with Crippen LogP contribution < -0.4 is 4.74 Å². The Kier molecular flexibility index (Phi) is 5.54. The molecule has 0 aliphatic carbocycles. The fraction of sp³-hybridized carbons (Fsp3) is 0.312. The van der Waals surface area contributed by atoms with Crippen molar-refractivity contribution in [3.05, 3.63) is 57.9 Å². The third-order valence-electron chi connectivity index (χ3n) is 3.44. The van der Waals surface area contributed by atoms with E-state index in [1.807, 2.05) is 0 Å². The molecule has 0 bridgehead atoms. The summed E-state index contributed by atoms with van der Waals surface area (Å²) in [5, 5.41) is 20.8. The summed E-state index contributed by atoms with van der Waals surface area (Å²) >= 11 is 0. The molecule has 128 valence electrons. The zero-order valence-corrected chi connectivity index (χ0v) is 13.3. The Bertz CT molecular complexity index is 740. The van der Waals surface area contributed by atoms with E-state index in [1.54, 1.807) is 35.8 Å². The van der Waals surface area contributed by atoms with Crippen LogP contribution in [0.2, 0.25) is 0 Å². The largest absolute Gasteiger partial charge is 0.490 e. The number of para-hydroxylation sites is 1. The van der Waals surface area contributed by atoms with Crippen molar-refractivity contribution in [1.82, 2.24) is 4.57 Å². The van der Waals surface area contributed by atoms with E-state index >= 15 is 0 Å². The summed E-state index contributed by atoms with van der Waals surface area (Å²) in [7, 11) is 1.27. The van der Waals surface area contributed by atoms with Crippen LogP contribution in [0.4, 0.5) is 5.69 Å². The Morgan fingerprint density at radius 2 is 2.12 bits per heavy atom. The molecular formula is C16H18N2O6.